The lowest BCUT2D eigenvalue weighted by molar-refractivity contribution is 0.0338. The summed E-state index contributed by atoms with van der Waals surface area (Å²) in [6, 6.07) is 18.0. The Hall–Kier alpha value is -4.94. The molecule has 1 saturated heterocycles. The Labute approximate surface area is 268 Å². The fourth-order valence-electron chi connectivity index (χ4n) is 4.93. The Morgan fingerprint density at radius 3 is 2.52 bits per heavy atom. The van der Waals surface area contributed by atoms with E-state index in [9.17, 15) is 9.59 Å². The van der Waals surface area contributed by atoms with E-state index in [2.05, 4.69) is 25.5 Å². The van der Waals surface area contributed by atoms with Gasteiger partial charge in [-0.3, -0.25) is 15.0 Å². The van der Waals surface area contributed by atoms with Crippen molar-refractivity contribution in [3.05, 3.63) is 72.4 Å². The number of hydrogen-bond acceptors (Lipinski definition) is 10. The minimum Gasteiger partial charge on any atom is -0.497 e. The molecule has 3 aromatic carbocycles. The lowest BCUT2D eigenvalue weighted by Gasteiger charge is -2.28. The van der Waals surface area contributed by atoms with Crippen LogP contribution in [0.5, 0.6) is 17.4 Å². The molecule has 2 N–H and O–H groups in total. The first-order valence-corrected chi connectivity index (χ1v) is 15.1. The van der Waals surface area contributed by atoms with Crippen molar-refractivity contribution in [3.63, 3.8) is 0 Å². The zero-order valence-electron chi connectivity index (χ0n) is 26.8. The average Bonchev–Trinajstić information content (AvgIpc) is 3.04. The second kappa shape index (κ2) is 14.4. The summed E-state index contributed by atoms with van der Waals surface area (Å²) in [4.78, 5) is 38.6. The van der Waals surface area contributed by atoms with E-state index in [4.69, 9.17) is 18.9 Å². The second-order valence-electron chi connectivity index (χ2n) is 11.9. The van der Waals surface area contributed by atoms with E-state index in [1.54, 1.807) is 61.7 Å². The number of anilines is 3. The molecule has 0 aliphatic carbocycles. The molecule has 12 nitrogen and oxygen atoms in total. The van der Waals surface area contributed by atoms with Crippen molar-refractivity contribution in [2.45, 2.75) is 26.4 Å². The summed E-state index contributed by atoms with van der Waals surface area (Å²) in [5, 5.41) is 7.55. The van der Waals surface area contributed by atoms with Gasteiger partial charge in [-0.1, -0.05) is 24.3 Å². The van der Waals surface area contributed by atoms with Crippen molar-refractivity contribution >= 4 is 40.1 Å². The van der Waals surface area contributed by atoms with Gasteiger partial charge in [0.2, 0.25) is 11.8 Å². The number of nitrogens with zero attached hydrogens (tertiary/aromatic N) is 4. The number of hydrogen-bond donors (Lipinski definition) is 2. The Bertz CT molecular complexity index is 1680. The largest absolute Gasteiger partial charge is 0.497 e. The van der Waals surface area contributed by atoms with Crippen LogP contribution in [-0.4, -0.2) is 90.9 Å². The molecule has 0 atom stereocenters. The highest BCUT2D eigenvalue weighted by atomic mass is 16.6. The molecule has 12 heteroatoms. The predicted octanol–water partition coefficient (Wildman–Crippen LogP) is 5.93. The van der Waals surface area contributed by atoms with Crippen LogP contribution in [0.2, 0.25) is 0 Å². The summed E-state index contributed by atoms with van der Waals surface area (Å²) in [7, 11) is 3.35. The van der Waals surface area contributed by atoms with Gasteiger partial charge < -0.3 is 29.2 Å². The molecule has 1 aliphatic heterocycles. The monoisotopic (exact) mass is 628 g/mol. The quantitative estimate of drug-likeness (QED) is 0.218. The molecule has 2 amide bonds. The van der Waals surface area contributed by atoms with E-state index in [0.717, 1.165) is 30.4 Å². The summed E-state index contributed by atoms with van der Waals surface area (Å²) in [6.07, 6.45) is 1.04. The van der Waals surface area contributed by atoms with Crippen LogP contribution in [0.3, 0.4) is 0 Å². The normalized spacial score (nSPS) is 13.6. The highest BCUT2D eigenvalue weighted by Crippen LogP contribution is 2.34. The number of amides is 2. The van der Waals surface area contributed by atoms with Crippen molar-refractivity contribution < 1.29 is 28.5 Å². The molecule has 0 saturated carbocycles. The van der Waals surface area contributed by atoms with Crippen LogP contribution >= 0.6 is 0 Å². The first kappa shape index (κ1) is 32.5. The number of aromatic nitrogens is 2. The summed E-state index contributed by atoms with van der Waals surface area (Å²) >= 11 is 0. The lowest BCUT2D eigenvalue weighted by atomic mass is 10.1. The number of carbonyl (C=O) groups is 2. The first-order valence-electron chi connectivity index (χ1n) is 15.1. The molecule has 1 aromatic heterocycles. The van der Waals surface area contributed by atoms with E-state index in [1.807, 2.05) is 45.0 Å². The number of ether oxygens (including phenoxy) is 4. The predicted molar refractivity (Wildman–Crippen MR) is 176 cm³/mol. The first-order chi connectivity index (χ1) is 22.1. The van der Waals surface area contributed by atoms with Crippen LogP contribution in [0.15, 0.2) is 66.9 Å². The van der Waals surface area contributed by atoms with Crippen LogP contribution in [-0.2, 0) is 9.47 Å². The fourth-order valence-corrected chi connectivity index (χ4v) is 4.93. The minimum absolute atomic E-state index is 0.121. The Morgan fingerprint density at radius 2 is 1.78 bits per heavy atom. The molecule has 0 unspecified atom stereocenters. The zero-order chi connectivity index (χ0) is 32.7. The summed E-state index contributed by atoms with van der Waals surface area (Å²) in [6.45, 7) is 9.97. The number of benzene rings is 3. The van der Waals surface area contributed by atoms with Crippen molar-refractivity contribution in [2.24, 2.45) is 0 Å². The number of likely N-dealkylation sites (N-methyl/N-ethyl adjacent to an activating group) is 1. The maximum absolute atomic E-state index is 13.3. The van der Waals surface area contributed by atoms with Gasteiger partial charge in [-0.15, -0.1) is 0 Å². The second-order valence-corrected chi connectivity index (χ2v) is 11.9. The maximum atomic E-state index is 13.3. The summed E-state index contributed by atoms with van der Waals surface area (Å²) in [5.41, 5.74) is 1.04. The molecule has 0 bridgehead atoms. The third-order valence-corrected chi connectivity index (χ3v) is 7.21. The molecular formula is C34H40N6O6. The molecule has 46 heavy (non-hydrogen) atoms. The Morgan fingerprint density at radius 1 is 1.02 bits per heavy atom. The number of fused-ring (bicyclic) bond motifs is 1. The fraction of sp³-hybridized carbons (Fsp3) is 0.353. The topological polar surface area (TPSA) is 127 Å². The molecule has 0 radical (unpaired) electrons. The van der Waals surface area contributed by atoms with E-state index >= 15 is 0 Å². The van der Waals surface area contributed by atoms with Gasteiger partial charge in [0.05, 0.1) is 26.0 Å². The minimum atomic E-state index is -0.622. The number of rotatable bonds is 10. The smallest absolute Gasteiger partial charge is 0.412 e. The molecule has 4 aromatic rings. The Balaban J connectivity index is 1.30. The zero-order valence-corrected chi connectivity index (χ0v) is 26.8. The van der Waals surface area contributed by atoms with Crippen molar-refractivity contribution in [1.29, 1.82) is 0 Å². The molecule has 0 spiro atoms. The standard InChI is InChI=1S/C34H40N6O6/c1-34(2,3)46-33(42)37-28-10-11-29(27-9-7-6-8-26(27)28)45-30-12-13-35-32(38-30)36-24-20-23(21-25(22-24)43-5)31(41)39(4)14-15-40-16-18-44-19-17-40/h6-13,20-22H,14-19H2,1-5H3,(H,37,42)(H,35,36,38). The van der Waals surface area contributed by atoms with Crippen molar-refractivity contribution in [2.75, 3.05) is 64.2 Å². The van der Waals surface area contributed by atoms with Gasteiger partial charge in [0, 0.05) is 73.6 Å². The van der Waals surface area contributed by atoms with Crippen LogP contribution < -0.4 is 20.1 Å². The van der Waals surface area contributed by atoms with Gasteiger partial charge in [0.15, 0.2) is 0 Å². The lowest BCUT2D eigenvalue weighted by Crippen LogP contribution is -2.41. The van der Waals surface area contributed by atoms with Crippen LogP contribution in [0.4, 0.5) is 22.1 Å². The third kappa shape index (κ3) is 8.61. The van der Waals surface area contributed by atoms with Gasteiger partial charge in [-0.25, -0.2) is 9.78 Å². The molecule has 2 heterocycles. The molecule has 242 valence electrons. The average molecular weight is 629 g/mol. The molecule has 1 aliphatic rings. The maximum Gasteiger partial charge on any atom is 0.412 e. The highest BCUT2D eigenvalue weighted by Gasteiger charge is 2.19. The summed E-state index contributed by atoms with van der Waals surface area (Å²) < 4.78 is 22.5. The number of carbonyl (C=O) groups excluding carboxylic acids is 2. The highest BCUT2D eigenvalue weighted by molar-refractivity contribution is 6.03. The van der Waals surface area contributed by atoms with Crippen LogP contribution in [0.1, 0.15) is 31.1 Å². The SMILES string of the molecule is COc1cc(Nc2nccc(Oc3ccc(NC(=O)OC(C)(C)C)c4ccccc34)n2)cc(C(=O)N(C)CCN2CCOCC2)c1. The van der Waals surface area contributed by atoms with Crippen LogP contribution in [0.25, 0.3) is 10.8 Å². The Kier molecular flexibility index (Phi) is 10.2. The van der Waals surface area contributed by atoms with Crippen LogP contribution in [0, 0.1) is 0 Å². The molecule has 5 rings (SSSR count). The van der Waals surface area contributed by atoms with Crippen molar-refractivity contribution in [1.82, 2.24) is 19.8 Å². The van der Waals surface area contributed by atoms with E-state index in [-0.39, 0.29) is 11.9 Å². The number of morpholine rings is 1. The third-order valence-electron chi connectivity index (χ3n) is 7.21. The van der Waals surface area contributed by atoms with Gasteiger partial charge in [0.25, 0.3) is 5.91 Å². The van der Waals surface area contributed by atoms with Gasteiger partial charge in [-0.2, -0.15) is 4.98 Å². The number of methoxy groups -OCH3 is 1. The summed E-state index contributed by atoms with van der Waals surface area (Å²) in [5.74, 6) is 1.53. The van der Waals surface area contributed by atoms with Crippen molar-refractivity contribution in [3.8, 4) is 17.4 Å². The molecular weight excluding hydrogens is 588 g/mol. The van der Waals surface area contributed by atoms with Gasteiger partial charge >= 0.3 is 6.09 Å². The van der Waals surface area contributed by atoms with E-state index in [0.29, 0.717) is 54.1 Å². The van der Waals surface area contributed by atoms with E-state index < -0.39 is 11.7 Å². The van der Waals surface area contributed by atoms with Gasteiger partial charge in [-0.05, 0) is 45.0 Å². The van der Waals surface area contributed by atoms with E-state index in [1.165, 1.54) is 0 Å². The molecule has 1 fully saturated rings. The van der Waals surface area contributed by atoms with Gasteiger partial charge in [0.1, 0.15) is 17.1 Å². The number of nitrogens with one attached hydrogen (secondary N) is 2.